The highest BCUT2D eigenvalue weighted by molar-refractivity contribution is 7.99. The van der Waals surface area contributed by atoms with Crippen LogP contribution in [-0.2, 0) is 52.9 Å². The first-order valence-electron chi connectivity index (χ1n) is 34.8. The molecule has 8 aliphatic rings. The molecule has 18 nitrogen and oxygen atoms in total. The molecule has 2 aromatic rings. The van der Waals surface area contributed by atoms with Gasteiger partial charge in [0, 0.05) is 85.3 Å². The fourth-order valence-electron chi connectivity index (χ4n) is 14.9. The second-order valence-electron chi connectivity index (χ2n) is 28.9. The van der Waals surface area contributed by atoms with Crippen LogP contribution in [0.5, 0.6) is 0 Å². The number of β-lactam (4-membered cyclic amide) rings is 1. The number of sulfone groups is 1. The van der Waals surface area contributed by atoms with Crippen LogP contribution >= 0.6 is 35.8 Å². The van der Waals surface area contributed by atoms with Gasteiger partial charge in [0.05, 0.1) is 73.4 Å². The number of carbonyl (C=O) groups is 5. The number of rotatable bonds is 22. The number of fused-ring (bicyclic) bond motifs is 6. The van der Waals surface area contributed by atoms with Crippen molar-refractivity contribution in [3.63, 3.8) is 0 Å². The molecule has 10 rings (SSSR count). The topological polar surface area (TPSA) is 243 Å². The first kappa shape index (κ1) is 88.2. The van der Waals surface area contributed by atoms with Crippen LogP contribution in [0.25, 0.3) is 0 Å². The number of piperazine rings is 1. The molecule has 0 spiro atoms. The first-order valence-corrected chi connectivity index (χ1v) is 37.6. The van der Waals surface area contributed by atoms with E-state index in [1.807, 2.05) is 24.8 Å². The van der Waals surface area contributed by atoms with E-state index in [1.165, 1.54) is 85.3 Å². The molecule has 568 valence electrons. The summed E-state index contributed by atoms with van der Waals surface area (Å²) >= 11 is 8.16. The molecule has 0 radical (unpaired) electrons. The number of halogens is 7. The van der Waals surface area contributed by atoms with E-state index in [2.05, 4.69) is 90.2 Å². The van der Waals surface area contributed by atoms with E-state index in [1.54, 1.807) is 18.6 Å². The van der Waals surface area contributed by atoms with Crippen LogP contribution in [0.2, 0.25) is 5.02 Å². The zero-order chi connectivity index (χ0) is 74.7. The Kier molecular flexibility index (Phi) is 36.4. The van der Waals surface area contributed by atoms with Crippen LogP contribution in [-0.4, -0.2) is 151 Å². The number of anilines is 2. The number of hydrogen-bond donors (Lipinski definition) is 3. The summed E-state index contributed by atoms with van der Waals surface area (Å²) in [7, 11) is -3.61. The van der Waals surface area contributed by atoms with Gasteiger partial charge in [-0.1, -0.05) is 101 Å². The predicted molar refractivity (Wildman–Crippen MR) is 390 cm³/mol. The Labute approximate surface area is 614 Å². The highest BCUT2D eigenvalue weighted by Crippen LogP contribution is 2.64. The number of hydrogen-bond acceptors (Lipinski definition) is 16. The first-order chi connectivity index (χ1) is 47.9. The minimum absolute atomic E-state index is 0. The maximum Gasteiger partial charge on any atom is 0.373 e. The average molecular weight is 1510 g/mol. The van der Waals surface area contributed by atoms with Crippen molar-refractivity contribution in [3.8, 4) is 0 Å². The minimum Gasteiger partial charge on any atom is -0.481 e. The highest BCUT2D eigenvalue weighted by atomic mass is 35.5. The van der Waals surface area contributed by atoms with Crippen molar-refractivity contribution in [2.75, 3.05) is 63.9 Å². The molecule has 6 fully saturated rings. The lowest BCUT2D eigenvalue weighted by Crippen LogP contribution is -2.57. The summed E-state index contributed by atoms with van der Waals surface area (Å²) in [5.41, 5.74) is 10.3. The third-order valence-corrected chi connectivity index (χ3v) is 24.8. The zero-order valence-corrected chi connectivity index (χ0v) is 63.2. The number of carbonyl (C=O) groups excluding carboxylic acids is 6. The van der Waals surface area contributed by atoms with Crippen molar-refractivity contribution in [3.05, 3.63) is 121 Å². The van der Waals surface area contributed by atoms with E-state index in [0.29, 0.717) is 62.0 Å². The largest absolute Gasteiger partial charge is 0.481 e. The van der Waals surface area contributed by atoms with Crippen LogP contribution in [0.15, 0.2) is 126 Å². The Balaban J connectivity index is 0.000000291. The van der Waals surface area contributed by atoms with E-state index in [9.17, 15) is 54.3 Å². The van der Waals surface area contributed by atoms with Crippen LogP contribution < -0.4 is 16.0 Å². The fraction of sp³-hybridized carbons (Fsp3) is 0.600. The third kappa shape index (κ3) is 25.0. The van der Waals surface area contributed by atoms with Gasteiger partial charge in [0.2, 0.25) is 11.8 Å². The Morgan fingerprint density at radius 3 is 2.05 bits per heavy atom. The maximum atomic E-state index is 12.7. The molecule has 2 saturated carbocycles. The summed E-state index contributed by atoms with van der Waals surface area (Å²) in [6.07, 6.45) is 25.3. The Morgan fingerprint density at radius 2 is 1.44 bits per heavy atom. The molecular weight excluding hydrogens is 1410 g/mol. The normalized spacial score (nSPS) is 25.8. The number of nitrogens with two attached hydrogens (primary N) is 1. The summed E-state index contributed by atoms with van der Waals surface area (Å²) in [5, 5.41) is 10.6. The molecule has 10 atom stereocenters. The summed E-state index contributed by atoms with van der Waals surface area (Å²) in [5.74, 6) is -0.929. The number of nitrogens with one attached hydrogen (secondary N) is 1. The van der Waals surface area contributed by atoms with Gasteiger partial charge in [0.25, 0.3) is 0 Å². The van der Waals surface area contributed by atoms with Gasteiger partial charge in [0.15, 0.2) is 9.84 Å². The number of benzene rings is 2. The molecule has 2 aromatic carbocycles. The summed E-state index contributed by atoms with van der Waals surface area (Å²) in [6.45, 7) is 23.7. The van der Waals surface area contributed by atoms with Gasteiger partial charge in [-0.2, -0.15) is 9.59 Å². The van der Waals surface area contributed by atoms with Gasteiger partial charge < -0.3 is 45.2 Å². The van der Waals surface area contributed by atoms with Gasteiger partial charge >= 0.3 is 24.1 Å². The number of amides is 2. The van der Waals surface area contributed by atoms with Gasteiger partial charge in [-0.05, 0) is 180 Å². The number of allylic oxidation sites excluding steroid dienone is 4. The van der Waals surface area contributed by atoms with E-state index in [4.69, 9.17) is 41.5 Å². The van der Waals surface area contributed by atoms with Crippen molar-refractivity contribution in [2.45, 2.75) is 196 Å². The fourth-order valence-corrected chi connectivity index (χ4v) is 18.3. The highest BCUT2D eigenvalue weighted by Gasteiger charge is 2.68. The van der Waals surface area contributed by atoms with E-state index in [0.717, 1.165) is 112 Å². The summed E-state index contributed by atoms with van der Waals surface area (Å²) in [6, 6.07) is 13.1. The Bertz CT molecular complexity index is 3420. The van der Waals surface area contributed by atoms with Crippen LogP contribution in [0, 0.1) is 39.9 Å². The number of carboxylic acid groups (broad SMARTS) is 1. The van der Waals surface area contributed by atoms with Crippen molar-refractivity contribution < 1.29 is 78.5 Å². The number of carboxylic acids is 1. The molecule has 5 heterocycles. The Hall–Kier alpha value is -6.18. The number of ether oxygens (including phenoxy) is 2. The summed E-state index contributed by atoms with van der Waals surface area (Å²) in [4.78, 5) is 83.4. The average Bonchev–Trinajstić information content (AvgIpc) is 1.47. The second kappa shape index (κ2) is 42.1. The van der Waals surface area contributed by atoms with E-state index >= 15 is 0 Å². The molecule has 0 bridgehead atoms. The lowest BCUT2D eigenvalue weighted by molar-refractivity contribution is -0.192. The molecular formula is C75H105Cl2F5N6O12S2. The van der Waals surface area contributed by atoms with Gasteiger partial charge in [-0.15, -0.1) is 12.4 Å². The minimum atomic E-state index is -3.61. The van der Waals surface area contributed by atoms with Crippen molar-refractivity contribution >= 4 is 92.9 Å². The quantitative estimate of drug-likeness (QED) is 0.0326. The molecule has 3 aliphatic carbocycles. The predicted octanol–water partition coefficient (Wildman–Crippen LogP) is 15.3. The van der Waals surface area contributed by atoms with Gasteiger partial charge in [0.1, 0.15) is 11.4 Å². The molecule has 5 aliphatic heterocycles. The zero-order valence-electron chi connectivity index (χ0n) is 60.0. The van der Waals surface area contributed by atoms with Crippen LogP contribution in [0.3, 0.4) is 0 Å². The molecule has 0 aromatic heterocycles. The SMILES string of the molecule is CC(/C=C\F)COC(=O)[C@@H]1N2C(=O)C[C@H]2S(=O)(=O)C1(C)C.CC1(C)CCC[C@]2(C)[C@H]3CC[C@](C)(/C=C\F)CC3=CC[C@@H]12.C[C@H](/C=C\F)CCC(=O)OCCCN1CCN(CCCN2c3ccccc3Sc3ccc(Cl)cc32)CC1.Cl.NC(/C=C\F)CCC(=O)O.O=C1CCC(/C=C\F)N1.O=C=O. The monoisotopic (exact) mass is 1510 g/mol. The molecule has 102 heavy (non-hydrogen) atoms. The van der Waals surface area contributed by atoms with E-state index < -0.39 is 44.0 Å². The second-order valence-corrected chi connectivity index (χ2v) is 33.1. The van der Waals surface area contributed by atoms with Crippen molar-refractivity contribution in [1.29, 1.82) is 0 Å². The molecule has 2 amide bonds. The lowest BCUT2D eigenvalue weighted by atomic mass is 9.46. The smallest absolute Gasteiger partial charge is 0.373 e. The Morgan fingerprint density at radius 1 is 0.804 bits per heavy atom. The lowest BCUT2D eigenvalue weighted by Gasteiger charge is -2.59. The van der Waals surface area contributed by atoms with Gasteiger partial charge in [-0.3, -0.25) is 19.2 Å². The van der Waals surface area contributed by atoms with Crippen LogP contribution in [0.4, 0.5) is 33.3 Å². The standard InChI is InChI=1S/C29H37ClFN3O2S.C20H31F.C13H18FNO5S.C6H10FNO2.C6H8FNO.CO2.ClH/c1-23(12-13-31)8-11-29(35)36-21-5-15-33-19-17-32(18-20-33)14-4-16-34-25-6-2-3-7-27(25)37-28-10-9-24(30)22-26(28)34;1-18(2)9-5-10-20(4)16-8-11-19(3,12-13-21)14-15(16)6-7-17(18)20;1-8(4-5-14)7-20-12(17)11-13(2,3)21(18,19)10-6-9(16)15(10)11;7-4-3-5(8)1-2-6(9)10;7-4-3-5-1-2-6(9)8-5;2-1-3;/h2-3,6-7,9-10,12-13,22-23H,4-5,8,11,14-21H2,1H3;6,12-13,16-17H,5,7-11,14H2,1-4H3;4-5,8,10-11H,6-7H2,1-3H3;3-5H,1-2,8H2,(H,9,10);3-5H,1-2H2,(H,8,9);;1H/b2*13-12-;5-4-;2*4-3-;;/t23-;16-,17-,19+,20+;8?,10-,11+;;;;/m001..../s1. The third-order valence-electron chi connectivity index (χ3n) is 20.6. The van der Waals surface area contributed by atoms with Crippen molar-refractivity contribution in [2.24, 2.45) is 45.7 Å². The van der Waals surface area contributed by atoms with E-state index in [-0.39, 0.29) is 85.5 Å². The molecule has 27 heteroatoms. The molecule has 3 unspecified atom stereocenters. The molecule has 4 N–H and O–H groups in total. The molecule has 4 saturated heterocycles. The number of aliphatic carboxylic acids is 1. The number of para-hydroxylation sites is 1. The number of esters is 2. The van der Waals surface area contributed by atoms with Crippen molar-refractivity contribution in [1.82, 2.24) is 20.0 Å². The maximum absolute atomic E-state index is 12.7. The van der Waals surface area contributed by atoms with Gasteiger partial charge in [-0.25, -0.2) is 35.2 Å². The number of nitrogens with zero attached hydrogens (tertiary/aromatic N) is 4. The van der Waals surface area contributed by atoms with Crippen LogP contribution in [0.1, 0.15) is 158 Å². The summed E-state index contributed by atoms with van der Waals surface area (Å²) < 4.78 is 93.3.